The third kappa shape index (κ3) is 3.05. The van der Waals surface area contributed by atoms with E-state index in [1.54, 1.807) is 23.2 Å². The number of ether oxygens (including phenoxy) is 1. The Morgan fingerprint density at radius 1 is 1.32 bits per heavy atom. The number of amides is 1. The molecule has 1 aliphatic heterocycles. The second-order valence-electron chi connectivity index (χ2n) is 4.95. The minimum atomic E-state index is -0.698. The number of likely N-dealkylation sites (tertiary alicyclic amines) is 1. The maximum atomic E-state index is 12.3. The van der Waals surface area contributed by atoms with Gasteiger partial charge < -0.3 is 14.6 Å². The van der Waals surface area contributed by atoms with Crippen LogP contribution in [0.1, 0.15) is 16.9 Å². The first-order chi connectivity index (χ1) is 10.6. The molecule has 2 N–H and O–H groups in total. The standard InChI is InChI=1S/C14H14N4O4/c19-11-7-10(16-14(21)17-11)13(20)18-6-4-9(8-18)22-12-3-1-2-5-15-12/h1-3,5,7,9H,4,6,8H2,(H2,16,17,19,21)/t9-/m0/s1. The summed E-state index contributed by atoms with van der Waals surface area (Å²) in [7, 11) is 0. The first kappa shape index (κ1) is 14.1. The molecule has 0 bridgehead atoms. The Balaban J connectivity index is 1.68. The van der Waals surface area contributed by atoms with E-state index < -0.39 is 17.2 Å². The van der Waals surface area contributed by atoms with Crippen LogP contribution in [0.3, 0.4) is 0 Å². The summed E-state index contributed by atoms with van der Waals surface area (Å²) >= 11 is 0. The molecule has 0 unspecified atom stereocenters. The van der Waals surface area contributed by atoms with Crippen molar-refractivity contribution in [1.29, 1.82) is 0 Å². The van der Waals surface area contributed by atoms with E-state index in [0.29, 0.717) is 25.4 Å². The van der Waals surface area contributed by atoms with Crippen molar-refractivity contribution in [3.05, 3.63) is 57.0 Å². The monoisotopic (exact) mass is 302 g/mol. The average molecular weight is 302 g/mol. The second kappa shape index (κ2) is 5.84. The average Bonchev–Trinajstić information content (AvgIpc) is 2.95. The van der Waals surface area contributed by atoms with Crippen molar-refractivity contribution in [1.82, 2.24) is 19.9 Å². The molecule has 114 valence electrons. The molecule has 1 aliphatic rings. The number of hydrogen-bond acceptors (Lipinski definition) is 5. The molecule has 0 spiro atoms. The van der Waals surface area contributed by atoms with Gasteiger partial charge in [0.15, 0.2) is 0 Å². The Labute approximate surface area is 124 Å². The highest BCUT2D eigenvalue weighted by atomic mass is 16.5. The molecule has 2 aromatic heterocycles. The van der Waals surface area contributed by atoms with Crippen molar-refractivity contribution in [2.45, 2.75) is 12.5 Å². The van der Waals surface area contributed by atoms with Crippen molar-refractivity contribution in [2.75, 3.05) is 13.1 Å². The number of H-pyrrole nitrogens is 2. The molecule has 1 fully saturated rings. The summed E-state index contributed by atoms with van der Waals surface area (Å²) in [5.41, 5.74) is -1.32. The quantitative estimate of drug-likeness (QED) is 0.813. The van der Waals surface area contributed by atoms with Crippen LogP contribution in [-0.2, 0) is 0 Å². The Bertz CT molecular complexity index is 755. The zero-order valence-corrected chi connectivity index (χ0v) is 11.6. The lowest BCUT2D eigenvalue weighted by Gasteiger charge is -2.16. The van der Waals surface area contributed by atoms with Gasteiger partial charge in [-0.15, -0.1) is 0 Å². The smallest absolute Gasteiger partial charge is 0.326 e. The Hall–Kier alpha value is -2.90. The van der Waals surface area contributed by atoms with Crippen molar-refractivity contribution in [3.63, 3.8) is 0 Å². The van der Waals surface area contributed by atoms with Crippen molar-refractivity contribution >= 4 is 5.91 Å². The van der Waals surface area contributed by atoms with Gasteiger partial charge in [0.1, 0.15) is 11.8 Å². The van der Waals surface area contributed by atoms with Crippen LogP contribution in [0.25, 0.3) is 0 Å². The fourth-order valence-corrected chi connectivity index (χ4v) is 2.35. The van der Waals surface area contributed by atoms with E-state index in [0.717, 1.165) is 6.07 Å². The number of nitrogens with zero attached hydrogens (tertiary/aromatic N) is 2. The molecule has 1 saturated heterocycles. The van der Waals surface area contributed by atoms with E-state index >= 15 is 0 Å². The first-order valence-electron chi connectivity index (χ1n) is 6.82. The van der Waals surface area contributed by atoms with Crippen LogP contribution in [0.4, 0.5) is 0 Å². The van der Waals surface area contributed by atoms with E-state index in [4.69, 9.17) is 4.74 Å². The lowest BCUT2D eigenvalue weighted by Crippen LogP contribution is -2.34. The Kier molecular flexibility index (Phi) is 3.73. The molecule has 0 saturated carbocycles. The van der Waals surface area contributed by atoms with Crippen LogP contribution in [0.2, 0.25) is 0 Å². The Morgan fingerprint density at radius 2 is 2.18 bits per heavy atom. The summed E-state index contributed by atoms with van der Waals surface area (Å²) in [5, 5.41) is 0. The highest BCUT2D eigenvalue weighted by molar-refractivity contribution is 5.92. The third-order valence-electron chi connectivity index (χ3n) is 3.35. The highest BCUT2D eigenvalue weighted by Gasteiger charge is 2.29. The van der Waals surface area contributed by atoms with Gasteiger partial charge in [0, 0.05) is 31.3 Å². The molecule has 0 aromatic carbocycles. The summed E-state index contributed by atoms with van der Waals surface area (Å²) in [5.74, 6) is 0.113. The lowest BCUT2D eigenvalue weighted by molar-refractivity contribution is 0.0764. The van der Waals surface area contributed by atoms with Gasteiger partial charge in [-0.05, 0) is 6.07 Å². The largest absolute Gasteiger partial charge is 0.472 e. The molecule has 0 aliphatic carbocycles. The fourth-order valence-electron chi connectivity index (χ4n) is 2.35. The molecule has 8 nitrogen and oxygen atoms in total. The zero-order chi connectivity index (χ0) is 15.5. The summed E-state index contributed by atoms with van der Waals surface area (Å²) < 4.78 is 5.69. The molecule has 1 amide bonds. The number of aromatic amines is 2. The minimum absolute atomic E-state index is 0.0211. The second-order valence-corrected chi connectivity index (χ2v) is 4.95. The fraction of sp³-hybridized carbons (Fsp3) is 0.286. The van der Waals surface area contributed by atoms with E-state index in [2.05, 4.69) is 9.97 Å². The number of rotatable bonds is 3. The molecule has 0 radical (unpaired) electrons. The predicted octanol–water partition coefficient (Wildman–Crippen LogP) is -0.248. The van der Waals surface area contributed by atoms with Crippen LogP contribution in [-0.4, -0.2) is 45.0 Å². The number of hydrogen-bond donors (Lipinski definition) is 2. The SMILES string of the molecule is O=C(c1cc(=O)[nH]c(=O)[nH]1)N1CC[C@H](Oc2ccccn2)C1. The van der Waals surface area contributed by atoms with Crippen molar-refractivity contribution < 1.29 is 9.53 Å². The molecule has 3 heterocycles. The van der Waals surface area contributed by atoms with Gasteiger partial charge in [-0.3, -0.25) is 14.6 Å². The van der Waals surface area contributed by atoms with Crippen molar-refractivity contribution in [2.24, 2.45) is 0 Å². The van der Waals surface area contributed by atoms with Gasteiger partial charge in [0.2, 0.25) is 5.88 Å². The molecule has 2 aromatic rings. The first-order valence-corrected chi connectivity index (χ1v) is 6.82. The molecular formula is C14H14N4O4. The number of carbonyl (C=O) groups is 1. The van der Waals surface area contributed by atoms with Gasteiger partial charge in [0.05, 0.1) is 6.54 Å². The maximum Gasteiger partial charge on any atom is 0.326 e. The molecule has 22 heavy (non-hydrogen) atoms. The van der Waals surface area contributed by atoms with Crippen LogP contribution < -0.4 is 16.0 Å². The number of nitrogens with one attached hydrogen (secondary N) is 2. The number of carbonyl (C=O) groups excluding carboxylic acids is 1. The third-order valence-corrected chi connectivity index (χ3v) is 3.35. The molecule has 8 heteroatoms. The van der Waals surface area contributed by atoms with E-state index in [-0.39, 0.29) is 11.8 Å². The lowest BCUT2D eigenvalue weighted by atomic mass is 10.3. The summed E-state index contributed by atoms with van der Waals surface area (Å²) in [6.07, 6.45) is 2.14. The topological polar surface area (TPSA) is 108 Å². The van der Waals surface area contributed by atoms with Crippen LogP contribution in [0, 0.1) is 0 Å². The number of aromatic nitrogens is 3. The summed E-state index contributed by atoms with van der Waals surface area (Å²) in [6, 6.07) is 6.44. The summed E-state index contributed by atoms with van der Waals surface area (Å²) in [6.45, 7) is 0.870. The Morgan fingerprint density at radius 3 is 2.91 bits per heavy atom. The van der Waals surface area contributed by atoms with Gasteiger partial charge >= 0.3 is 5.69 Å². The molecule has 3 rings (SSSR count). The molecular weight excluding hydrogens is 288 g/mol. The normalized spacial score (nSPS) is 17.5. The van der Waals surface area contributed by atoms with Crippen LogP contribution >= 0.6 is 0 Å². The summed E-state index contributed by atoms with van der Waals surface area (Å²) in [4.78, 5) is 44.7. The van der Waals surface area contributed by atoms with Crippen LogP contribution in [0.5, 0.6) is 5.88 Å². The maximum absolute atomic E-state index is 12.3. The van der Waals surface area contributed by atoms with Gasteiger partial charge in [-0.1, -0.05) is 6.07 Å². The minimum Gasteiger partial charge on any atom is -0.472 e. The van der Waals surface area contributed by atoms with Gasteiger partial charge in [0.25, 0.3) is 11.5 Å². The van der Waals surface area contributed by atoms with E-state index in [1.807, 2.05) is 11.1 Å². The zero-order valence-electron chi connectivity index (χ0n) is 11.6. The van der Waals surface area contributed by atoms with Crippen molar-refractivity contribution in [3.8, 4) is 5.88 Å². The van der Waals surface area contributed by atoms with Crippen LogP contribution in [0.15, 0.2) is 40.1 Å². The number of pyridine rings is 1. The highest BCUT2D eigenvalue weighted by Crippen LogP contribution is 2.17. The van der Waals surface area contributed by atoms with E-state index in [9.17, 15) is 14.4 Å². The molecule has 1 atom stereocenters. The predicted molar refractivity (Wildman–Crippen MR) is 76.9 cm³/mol. The van der Waals surface area contributed by atoms with Gasteiger partial charge in [-0.25, -0.2) is 9.78 Å². The van der Waals surface area contributed by atoms with E-state index in [1.165, 1.54) is 0 Å². The van der Waals surface area contributed by atoms with Gasteiger partial charge in [-0.2, -0.15) is 0 Å².